The van der Waals surface area contributed by atoms with Crippen molar-refractivity contribution in [3.8, 4) is 5.75 Å². The van der Waals surface area contributed by atoms with Gasteiger partial charge in [0.1, 0.15) is 5.75 Å². The van der Waals surface area contributed by atoms with Crippen molar-refractivity contribution >= 4 is 43.6 Å². The van der Waals surface area contributed by atoms with Gasteiger partial charge in [0.05, 0.1) is 4.70 Å². The van der Waals surface area contributed by atoms with Crippen LogP contribution in [0, 0.1) is 0 Å². The summed E-state index contributed by atoms with van der Waals surface area (Å²) in [6, 6.07) is 3.37. The summed E-state index contributed by atoms with van der Waals surface area (Å²) in [6.45, 7) is 0. The van der Waals surface area contributed by atoms with E-state index < -0.39 is 0 Å². The lowest BCUT2D eigenvalue weighted by atomic mass is 10.1. The van der Waals surface area contributed by atoms with E-state index in [0.717, 1.165) is 16.4 Å². The highest BCUT2D eigenvalue weighted by Gasteiger charge is 2.09. The zero-order chi connectivity index (χ0) is 9.42. The second kappa shape index (κ2) is 3.12. The van der Waals surface area contributed by atoms with Crippen LogP contribution in [0.15, 0.2) is 22.0 Å². The number of halogens is 1. The van der Waals surface area contributed by atoms with Crippen LogP contribution >= 0.6 is 27.3 Å². The molecule has 0 atom stereocenters. The second-order valence-corrected chi connectivity index (χ2v) is 4.34. The Hall–Kier alpha value is -0.870. The van der Waals surface area contributed by atoms with Crippen molar-refractivity contribution in [1.29, 1.82) is 0 Å². The molecule has 0 saturated carbocycles. The first-order valence-electron chi connectivity index (χ1n) is 3.58. The van der Waals surface area contributed by atoms with Crippen LogP contribution in [0.25, 0.3) is 10.1 Å². The first kappa shape index (κ1) is 8.72. The molecule has 0 aliphatic heterocycles. The molecular formula is C9H5BrO2S. The molecule has 4 heteroatoms. The van der Waals surface area contributed by atoms with E-state index in [9.17, 15) is 9.90 Å². The lowest BCUT2D eigenvalue weighted by Crippen LogP contribution is -1.82. The van der Waals surface area contributed by atoms with Crippen molar-refractivity contribution in [2.45, 2.75) is 0 Å². The summed E-state index contributed by atoms with van der Waals surface area (Å²) in [5.41, 5.74) is 0.592. The van der Waals surface area contributed by atoms with Crippen LogP contribution in [0.2, 0.25) is 0 Å². The average molecular weight is 257 g/mol. The second-order valence-electron chi connectivity index (χ2n) is 2.57. The third-order valence-corrected chi connectivity index (χ3v) is 3.42. The molecule has 1 aromatic carbocycles. The number of aromatic hydroxyl groups is 1. The zero-order valence-corrected chi connectivity index (χ0v) is 8.85. The largest absolute Gasteiger partial charge is 0.506 e. The number of thiophene rings is 1. The van der Waals surface area contributed by atoms with Gasteiger partial charge < -0.3 is 5.11 Å². The highest BCUT2D eigenvalue weighted by molar-refractivity contribution is 9.10. The predicted molar refractivity (Wildman–Crippen MR) is 56.6 cm³/mol. The zero-order valence-electron chi connectivity index (χ0n) is 6.45. The van der Waals surface area contributed by atoms with E-state index in [4.69, 9.17) is 0 Å². The van der Waals surface area contributed by atoms with Gasteiger partial charge in [-0.2, -0.15) is 0 Å². The van der Waals surface area contributed by atoms with Gasteiger partial charge in [-0.1, -0.05) is 0 Å². The normalized spacial score (nSPS) is 10.5. The molecule has 0 unspecified atom stereocenters. The SMILES string of the molecule is O=Cc1c(Br)cc(O)c2sccc12. The first-order valence-corrected chi connectivity index (χ1v) is 5.25. The Morgan fingerprint density at radius 3 is 3.00 bits per heavy atom. The molecule has 0 aliphatic carbocycles. The number of phenolic OH excluding ortho intramolecular Hbond substituents is 1. The molecule has 0 bridgehead atoms. The molecule has 0 spiro atoms. The summed E-state index contributed by atoms with van der Waals surface area (Å²) in [5.74, 6) is 0.211. The molecule has 2 rings (SSSR count). The van der Waals surface area contributed by atoms with Crippen LogP contribution < -0.4 is 0 Å². The topological polar surface area (TPSA) is 37.3 Å². The van der Waals surface area contributed by atoms with E-state index in [-0.39, 0.29) is 5.75 Å². The van der Waals surface area contributed by atoms with Gasteiger partial charge in [-0.3, -0.25) is 4.79 Å². The van der Waals surface area contributed by atoms with E-state index in [2.05, 4.69) is 15.9 Å². The molecule has 0 saturated heterocycles. The fraction of sp³-hybridized carbons (Fsp3) is 0. The quantitative estimate of drug-likeness (QED) is 0.796. The van der Waals surface area contributed by atoms with E-state index >= 15 is 0 Å². The molecule has 1 N–H and O–H groups in total. The summed E-state index contributed by atoms with van der Waals surface area (Å²) < 4.78 is 1.39. The van der Waals surface area contributed by atoms with Gasteiger partial charge >= 0.3 is 0 Å². The van der Waals surface area contributed by atoms with Crippen molar-refractivity contribution in [3.05, 3.63) is 27.5 Å². The van der Waals surface area contributed by atoms with Gasteiger partial charge in [-0.25, -0.2) is 0 Å². The number of hydrogen-bond donors (Lipinski definition) is 1. The van der Waals surface area contributed by atoms with Crippen LogP contribution in [0.3, 0.4) is 0 Å². The first-order chi connectivity index (χ1) is 6.24. The molecule has 0 amide bonds. The van der Waals surface area contributed by atoms with Crippen molar-refractivity contribution in [2.24, 2.45) is 0 Å². The molecule has 66 valence electrons. The highest BCUT2D eigenvalue weighted by atomic mass is 79.9. The molecule has 0 fully saturated rings. The molecule has 0 radical (unpaired) electrons. The number of carbonyl (C=O) groups excluding carboxylic acids is 1. The predicted octanol–water partition coefficient (Wildman–Crippen LogP) is 3.18. The third-order valence-electron chi connectivity index (χ3n) is 1.83. The molecule has 1 aromatic heterocycles. The Labute approximate surface area is 86.9 Å². The smallest absolute Gasteiger partial charge is 0.151 e. The Balaban J connectivity index is 2.96. The third kappa shape index (κ3) is 1.26. The molecule has 2 aromatic rings. The van der Waals surface area contributed by atoms with E-state index in [0.29, 0.717) is 10.0 Å². The summed E-state index contributed by atoms with van der Waals surface area (Å²) in [6.07, 6.45) is 0.790. The van der Waals surface area contributed by atoms with Crippen molar-refractivity contribution < 1.29 is 9.90 Å². The van der Waals surface area contributed by atoms with Crippen LogP contribution in [0.4, 0.5) is 0 Å². The standard InChI is InChI=1S/C9H5BrO2S/c10-7-3-8(12)9-5(1-2-13-9)6(7)4-11/h1-4,12H. The van der Waals surface area contributed by atoms with Crippen LogP contribution in [-0.4, -0.2) is 11.4 Å². The number of phenols is 1. The van der Waals surface area contributed by atoms with Gasteiger partial charge in [0, 0.05) is 15.4 Å². The maximum atomic E-state index is 10.7. The molecule has 0 aliphatic rings. The number of carbonyl (C=O) groups is 1. The van der Waals surface area contributed by atoms with E-state index in [1.54, 1.807) is 6.07 Å². The molecule has 13 heavy (non-hydrogen) atoms. The minimum Gasteiger partial charge on any atom is -0.506 e. The lowest BCUT2D eigenvalue weighted by Gasteiger charge is -2.00. The van der Waals surface area contributed by atoms with E-state index in [1.165, 1.54) is 11.3 Å². The number of rotatable bonds is 1. The molecule has 1 heterocycles. The minimum absolute atomic E-state index is 0.211. The monoisotopic (exact) mass is 256 g/mol. The van der Waals surface area contributed by atoms with Crippen molar-refractivity contribution in [3.63, 3.8) is 0 Å². The van der Waals surface area contributed by atoms with Gasteiger partial charge in [-0.15, -0.1) is 11.3 Å². The Bertz CT molecular complexity index is 476. The van der Waals surface area contributed by atoms with Crippen molar-refractivity contribution in [1.82, 2.24) is 0 Å². The van der Waals surface area contributed by atoms with Gasteiger partial charge in [-0.05, 0) is 33.4 Å². The van der Waals surface area contributed by atoms with Gasteiger partial charge in [0.25, 0.3) is 0 Å². The number of aldehydes is 1. The van der Waals surface area contributed by atoms with E-state index in [1.807, 2.05) is 11.4 Å². The van der Waals surface area contributed by atoms with Crippen LogP contribution in [-0.2, 0) is 0 Å². The summed E-state index contributed by atoms with van der Waals surface area (Å²) in [7, 11) is 0. The summed E-state index contributed by atoms with van der Waals surface area (Å²) >= 11 is 4.65. The number of benzene rings is 1. The Morgan fingerprint density at radius 2 is 2.31 bits per heavy atom. The average Bonchev–Trinajstić information content (AvgIpc) is 2.53. The highest BCUT2D eigenvalue weighted by Crippen LogP contribution is 2.36. The van der Waals surface area contributed by atoms with Crippen LogP contribution in [0.5, 0.6) is 5.75 Å². The maximum Gasteiger partial charge on any atom is 0.151 e. The molecule has 2 nitrogen and oxygen atoms in total. The number of fused-ring (bicyclic) bond motifs is 1. The van der Waals surface area contributed by atoms with Gasteiger partial charge in [0.15, 0.2) is 6.29 Å². The molecular weight excluding hydrogens is 252 g/mol. The Morgan fingerprint density at radius 1 is 1.54 bits per heavy atom. The summed E-state index contributed by atoms with van der Waals surface area (Å²) in [4.78, 5) is 10.7. The minimum atomic E-state index is 0.211. The summed E-state index contributed by atoms with van der Waals surface area (Å²) in [5, 5.41) is 12.2. The van der Waals surface area contributed by atoms with Crippen molar-refractivity contribution in [2.75, 3.05) is 0 Å². The maximum absolute atomic E-state index is 10.7. The fourth-order valence-corrected chi connectivity index (χ4v) is 2.58. The van der Waals surface area contributed by atoms with Crippen LogP contribution in [0.1, 0.15) is 10.4 Å². The number of hydrogen-bond acceptors (Lipinski definition) is 3. The Kier molecular flexibility index (Phi) is 2.09. The lowest BCUT2D eigenvalue weighted by molar-refractivity contribution is 0.112. The van der Waals surface area contributed by atoms with Gasteiger partial charge in [0.2, 0.25) is 0 Å². The fourth-order valence-electron chi connectivity index (χ4n) is 1.23.